The number of anilines is 2. The summed E-state index contributed by atoms with van der Waals surface area (Å²) >= 11 is 0. The van der Waals surface area contributed by atoms with E-state index in [-0.39, 0.29) is 18.4 Å². The Morgan fingerprint density at radius 2 is 2.04 bits per heavy atom. The number of likely N-dealkylation sites (N-methyl/N-ethyl adjacent to an activating group) is 1. The zero-order valence-electron chi connectivity index (χ0n) is 15.5. The molecule has 7 heteroatoms. The number of aryl methyl sites for hydroxylation is 1. The zero-order chi connectivity index (χ0) is 18.4. The van der Waals surface area contributed by atoms with Crippen molar-refractivity contribution < 1.29 is 14.3 Å². The molecule has 0 spiro atoms. The number of benzene rings is 1. The van der Waals surface area contributed by atoms with E-state index in [9.17, 15) is 9.59 Å². The number of ether oxygens (including phenoxy) is 1. The first kappa shape index (κ1) is 19.4. The Bertz CT molecular complexity index is 618. The average Bonchev–Trinajstić information content (AvgIpc) is 2.99. The number of carbonyl (C=O) groups excluding carboxylic acids is 2. The molecule has 2 amide bonds. The molecule has 0 saturated carbocycles. The number of rotatable bonds is 7. The maximum atomic E-state index is 12.3. The molecule has 1 heterocycles. The van der Waals surface area contributed by atoms with Crippen LogP contribution < -0.4 is 10.6 Å². The topological polar surface area (TPSA) is 73.9 Å². The predicted molar refractivity (Wildman–Crippen MR) is 98.8 cm³/mol. The van der Waals surface area contributed by atoms with Gasteiger partial charge < -0.3 is 20.3 Å². The number of hydrogen-bond donors (Lipinski definition) is 2. The number of nitrogens with zero attached hydrogens (tertiary/aromatic N) is 2. The molecule has 1 fully saturated rings. The van der Waals surface area contributed by atoms with Crippen molar-refractivity contribution in [2.75, 3.05) is 58.1 Å². The molecule has 1 aliphatic rings. The first-order valence-corrected chi connectivity index (χ1v) is 8.47. The van der Waals surface area contributed by atoms with Crippen LogP contribution >= 0.6 is 0 Å². The van der Waals surface area contributed by atoms with Gasteiger partial charge >= 0.3 is 0 Å². The summed E-state index contributed by atoms with van der Waals surface area (Å²) in [5.41, 5.74) is 2.33. The van der Waals surface area contributed by atoms with E-state index in [4.69, 9.17) is 4.74 Å². The highest BCUT2D eigenvalue weighted by Crippen LogP contribution is 2.20. The molecule has 0 aromatic heterocycles. The van der Waals surface area contributed by atoms with Crippen LogP contribution in [0.1, 0.15) is 12.0 Å². The fourth-order valence-corrected chi connectivity index (χ4v) is 2.98. The number of hydrogen-bond acceptors (Lipinski definition) is 5. The highest BCUT2D eigenvalue weighted by molar-refractivity contribution is 5.94. The minimum Gasteiger partial charge on any atom is -0.375 e. The van der Waals surface area contributed by atoms with E-state index in [1.54, 1.807) is 12.1 Å². The highest BCUT2D eigenvalue weighted by atomic mass is 16.5. The van der Waals surface area contributed by atoms with E-state index in [1.165, 1.54) is 7.11 Å². The van der Waals surface area contributed by atoms with Gasteiger partial charge in [-0.2, -0.15) is 0 Å². The van der Waals surface area contributed by atoms with Crippen LogP contribution in [0.4, 0.5) is 11.4 Å². The molecule has 0 bridgehead atoms. The summed E-state index contributed by atoms with van der Waals surface area (Å²) < 4.78 is 4.80. The molecular weight excluding hydrogens is 320 g/mol. The Morgan fingerprint density at radius 3 is 2.64 bits per heavy atom. The summed E-state index contributed by atoms with van der Waals surface area (Å²) in [5.74, 6) is -0.221. The summed E-state index contributed by atoms with van der Waals surface area (Å²) in [7, 11) is 5.63. The van der Waals surface area contributed by atoms with Crippen LogP contribution in [0.3, 0.4) is 0 Å². The molecule has 0 aliphatic carbocycles. The van der Waals surface area contributed by atoms with Crippen molar-refractivity contribution in [1.82, 2.24) is 9.80 Å². The molecule has 2 rings (SSSR count). The monoisotopic (exact) mass is 348 g/mol. The SMILES string of the molecule is COCC(=O)Nc1ccc(NC(=O)CN2CCC(N(C)C)C2)cc1C. The van der Waals surface area contributed by atoms with Gasteiger partial charge in [0.1, 0.15) is 6.61 Å². The lowest BCUT2D eigenvalue weighted by atomic mass is 10.1. The van der Waals surface area contributed by atoms with Gasteiger partial charge in [0, 0.05) is 37.6 Å². The maximum absolute atomic E-state index is 12.3. The van der Waals surface area contributed by atoms with Crippen molar-refractivity contribution in [2.24, 2.45) is 0 Å². The maximum Gasteiger partial charge on any atom is 0.250 e. The molecule has 25 heavy (non-hydrogen) atoms. The fraction of sp³-hybridized carbons (Fsp3) is 0.556. The number of carbonyl (C=O) groups is 2. The molecule has 0 radical (unpaired) electrons. The Kier molecular flexibility index (Phi) is 6.92. The van der Waals surface area contributed by atoms with Crippen molar-refractivity contribution in [2.45, 2.75) is 19.4 Å². The smallest absolute Gasteiger partial charge is 0.250 e. The van der Waals surface area contributed by atoms with Crippen LogP contribution in [0.15, 0.2) is 18.2 Å². The molecule has 7 nitrogen and oxygen atoms in total. The number of likely N-dealkylation sites (tertiary alicyclic amines) is 1. The molecule has 1 atom stereocenters. The third-order valence-electron chi connectivity index (χ3n) is 4.40. The largest absolute Gasteiger partial charge is 0.375 e. The van der Waals surface area contributed by atoms with Crippen molar-refractivity contribution >= 4 is 23.2 Å². The molecule has 1 saturated heterocycles. The summed E-state index contributed by atoms with van der Waals surface area (Å²) in [6.07, 6.45) is 1.09. The average molecular weight is 348 g/mol. The molecule has 1 aromatic rings. The third-order valence-corrected chi connectivity index (χ3v) is 4.40. The fourth-order valence-electron chi connectivity index (χ4n) is 2.98. The quantitative estimate of drug-likeness (QED) is 0.773. The minimum absolute atomic E-state index is 0.0156. The number of amides is 2. The van der Waals surface area contributed by atoms with Gasteiger partial charge in [0.25, 0.3) is 0 Å². The lowest BCUT2D eigenvalue weighted by molar-refractivity contribution is -0.119. The third kappa shape index (κ3) is 5.81. The van der Waals surface area contributed by atoms with Gasteiger partial charge in [0.05, 0.1) is 6.54 Å². The summed E-state index contributed by atoms with van der Waals surface area (Å²) in [6, 6.07) is 5.95. The number of methoxy groups -OCH3 is 1. The van der Waals surface area contributed by atoms with E-state index in [2.05, 4.69) is 34.5 Å². The molecular formula is C18H28N4O3. The van der Waals surface area contributed by atoms with Crippen LogP contribution in [0, 0.1) is 6.92 Å². The highest BCUT2D eigenvalue weighted by Gasteiger charge is 2.25. The minimum atomic E-state index is -0.202. The molecule has 1 unspecified atom stereocenters. The van der Waals surface area contributed by atoms with Crippen molar-refractivity contribution in [3.8, 4) is 0 Å². The second-order valence-corrected chi connectivity index (χ2v) is 6.70. The van der Waals surface area contributed by atoms with Gasteiger partial charge in [0.2, 0.25) is 11.8 Å². The van der Waals surface area contributed by atoms with Gasteiger partial charge in [-0.3, -0.25) is 14.5 Å². The van der Waals surface area contributed by atoms with Gasteiger partial charge in [-0.05, 0) is 51.2 Å². The molecule has 1 aliphatic heterocycles. The second-order valence-electron chi connectivity index (χ2n) is 6.70. The standard InChI is InChI=1S/C18H28N4O3/c1-13-9-14(5-6-16(13)20-18(24)12-25-4)19-17(23)11-22-8-7-15(10-22)21(2)3/h5-6,9,15H,7-8,10-12H2,1-4H3,(H,19,23)(H,20,24). The normalized spacial score (nSPS) is 17.7. The lowest BCUT2D eigenvalue weighted by Crippen LogP contribution is -2.35. The van der Waals surface area contributed by atoms with Crippen LogP contribution in [-0.2, 0) is 14.3 Å². The molecule has 1 aromatic carbocycles. The summed E-state index contributed by atoms with van der Waals surface area (Å²) in [4.78, 5) is 28.2. The summed E-state index contributed by atoms with van der Waals surface area (Å²) in [6.45, 7) is 4.17. The van der Waals surface area contributed by atoms with Gasteiger partial charge in [0.15, 0.2) is 0 Å². The van der Waals surface area contributed by atoms with Crippen LogP contribution in [0.2, 0.25) is 0 Å². The Hall–Kier alpha value is -1.96. The van der Waals surface area contributed by atoms with E-state index in [1.807, 2.05) is 13.0 Å². The van der Waals surface area contributed by atoms with Gasteiger partial charge in [-0.15, -0.1) is 0 Å². The first-order chi connectivity index (χ1) is 11.9. The Morgan fingerprint density at radius 1 is 1.28 bits per heavy atom. The first-order valence-electron chi connectivity index (χ1n) is 8.47. The van der Waals surface area contributed by atoms with E-state index in [0.29, 0.717) is 18.3 Å². The zero-order valence-corrected chi connectivity index (χ0v) is 15.5. The van der Waals surface area contributed by atoms with E-state index >= 15 is 0 Å². The van der Waals surface area contributed by atoms with E-state index < -0.39 is 0 Å². The Balaban J connectivity index is 1.87. The van der Waals surface area contributed by atoms with Gasteiger partial charge in [-0.25, -0.2) is 0 Å². The number of nitrogens with one attached hydrogen (secondary N) is 2. The van der Waals surface area contributed by atoms with Crippen molar-refractivity contribution in [3.63, 3.8) is 0 Å². The molecule has 138 valence electrons. The lowest BCUT2D eigenvalue weighted by Gasteiger charge is -2.20. The summed E-state index contributed by atoms with van der Waals surface area (Å²) in [5, 5.41) is 5.70. The second kappa shape index (κ2) is 8.94. The van der Waals surface area contributed by atoms with Crippen molar-refractivity contribution in [1.29, 1.82) is 0 Å². The van der Waals surface area contributed by atoms with Gasteiger partial charge in [-0.1, -0.05) is 0 Å². The van der Waals surface area contributed by atoms with Crippen molar-refractivity contribution in [3.05, 3.63) is 23.8 Å². The predicted octanol–water partition coefficient (Wildman–Crippen LogP) is 1.15. The van der Waals surface area contributed by atoms with Crippen LogP contribution in [0.25, 0.3) is 0 Å². The van der Waals surface area contributed by atoms with Crippen LogP contribution in [-0.4, -0.2) is 75.1 Å². The Labute approximate surface area is 149 Å². The van der Waals surface area contributed by atoms with Crippen LogP contribution in [0.5, 0.6) is 0 Å². The molecule has 2 N–H and O–H groups in total. The van der Waals surface area contributed by atoms with E-state index in [0.717, 1.165) is 30.8 Å².